The van der Waals surface area contributed by atoms with Gasteiger partial charge in [0.05, 0.1) is 23.1 Å². The third kappa shape index (κ3) is 3.83. The summed E-state index contributed by atoms with van der Waals surface area (Å²) in [5.74, 6) is 0.622. The predicted molar refractivity (Wildman–Crippen MR) is 106 cm³/mol. The number of rotatable bonds is 5. The topological polar surface area (TPSA) is 59.8 Å². The van der Waals surface area contributed by atoms with Crippen LogP contribution in [0.5, 0.6) is 0 Å². The molecule has 27 heavy (non-hydrogen) atoms. The van der Waals surface area contributed by atoms with Crippen LogP contribution in [0.25, 0.3) is 11.0 Å². The van der Waals surface area contributed by atoms with E-state index in [0.717, 1.165) is 22.4 Å². The average molecular weight is 377 g/mol. The second kappa shape index (κ2) is 7.60. The SMILES string of the molecule is O=C(NCc1nc2ccccc2n1Cc1ccc(Cl)cc1)c1cccnc1. The molecule has 2 heterocycles. The minimum absolute atomic E-state index is 0.173. The van der Waals surface area contributed by atoms with E-state index in [4.69, 9.17) is 16.6 Å². The number of carbonyl (C=O) groups is 1. The van der Waals surface area contributed by atoms with Crippen LogP contribution < -0.4 is 5.32 Å². The number of fused-ring (bicyclic) bond motifs is 1. The summed E-state index contributed by atoms with van der Waals surface area (Å²) in [5, 5.41) is 3.63. The number of halogens is 1. The summed E-state index contributed by atoms with van der Waals surface area (Å²) < 4.78 is 2.11. The zero-order chi connectivity index (χ0) is 18.6. The van der Waals surface area contributed by atoms with Gasteiger partial charge in [0.25, 0.3) is 5.91 Å². The lowest BCUT2D eigenvalue weighted by Gasteiger charge is -2.11. The molecule has 0 atom stereocenters. The minimum Gasteiger partial charge on any atom is -0.345 e. The van der Waals surface area contributed by atoms with E-state index < -0.39 is 0 Å². The molecule has 6 heteroatoms. The maximum atomic E-state index is 12.3. The Balaban J connectivity index is 1.61. The quantitative estimate of drug-likeness (QED) is 0.571. The highest BCUT2D eigenvalue weighted by molar-refractivity contribution is 6.30. The Morgan fingerprint density at radius 1 is 1.04 bits per heavy atom. The monoisotopic (exact) mass is 376 g/mol. The van der Waals surface area contributed by atoms with E-state index in [2.05, 4.69) is 14.9 Å². The standard InChI is InChI=1S/C21H17ClN4O/c22-17-9-7-15(8-10-17)14-26-19-6-2-1-5-18(19)25-20(26)13-24-21(27)16-4-3-11-23-12-16/h1-12H,13-14H2,(H,24,27). The molecule has 0 saturated heterocycles. The fourth-order valence-corrected chi connectivity index (χ4v) is 3.09. The maximum absolute atomic E-state index is 12.3. The van der Waals surface area contributed by atoms with Crippen LogP contribution in [-0.2, 0) is 13.1 Å². The number of aromatic nitrogens is 3. The Kier molecular flexibility index (Phi) is 4.85. The Labute approximate surface area is 161 Å². The van der Waals surface area contributed by atoms with Gasteiger partial charge in [-0.25, -0.2) is 4.98 Å². The van der Waals surface area contributed by atoms with Crippen LogP contribution in [-0.4, -0.2) is 20.4 Å². The molecule has 0 radical (unpaired) electrons. The third-order valence-corrected chi connectivity index (χ3v) is 4.57. The summed E-state index contributed by atoms with van der Waals surface area (Å²) in [7, 11) is 0. The molecule has 0 bridgehead atoms. The average Bonchev–Trinajstić information content (AvgIpc) is 3.06. The lowest BCUT2D eigenvalue weighted by molar-refractivity contribution is 0.0949. The normalized spacial score (nSPS) is 10.9. The van der Waals surface area contributed by atoms with Gasteiger partial charge in [0, 0.05) is 24.0 Å². The lowest BCUT2D eigenvalue weighted by atomic mass is 10.2. The largest absolute Gasteiger partial charge is 0.345 e. The van der Waals surface area contributed by atoms with Gasteiger partial charge in [0.2, 0.25) is 0 Å². The Bertz CT molecular complexity index is 1070. The van der Waals surface area contributed by atoms with Crippen LogP contribution in [0.4, 0.5) is 0 Å². The molecule has 0 unspecified atom stereocenters. The summed E-state index contributed by atoms with van der Waals surface area (Å²) in [6.07, 6.45) is 3.19. The van der Waals surface area contributed by atoms with E-state index in [9.17, 15) is 4.79 Å². The summed E-state index contributed by atoms with van der Waals surface area (Å²) in [4.78, 5) is 21.0. The fourth-order valence-electron chi connectivity index (χ4n) is 2.97. The van der Waals surface area contributed by atoms with E-state index in [0.29, 0.717) is 23.7 Å². The predicted octanol–water partition coefficient (Wildman–Crippen LogP) is 4.06. The van der Waals surface area contributed by atoms with Crippen LogP contribution in [0, 0.1) is 0 Å². The van der Waals surface area contributed by atoms with Crippen LogP contribution in [0.3, 0.4) is 0 Å². The zero-order valence-corrected chi connectivity index (χ0v) is 15.2. The van der Waals surface area contributed by atoms with Crippen molar-refractivity contribution < 1.29 is 4.79 Å². The van der Waals surface area contributed by atoms with Crippen molar-refractivity contribution in [1.29, 1.82) is 0 Å². The van der Waals surface area contributed by atoms with Crippen molar-refractivity contribution in [3.05, 3.63) is 95.0 Å². The number of carbonyl (C=O) groups excluding carboxylic acids is 1. The highest BCUT2D eigenvalue weighted by Crippen LogP contribution is 2.19. The number of nitrogens with one attached hydrogen (secondary N) is 1. The Hall–Kier alpha value is -3.18. The zero-order valence-electron chi connectivity index (χ0n) is 14.5. The Morgan fingerprint density at radius 2 is 1.85 bits per heavy atom. The van der Waals surface area contributed by atoms with Crippen molar-refractivity contribution in [2.24, 2.45) is 0 Å². The summed E-state index contributed by atoms with van der Waals surface area (Å²) in [6.45, 7) is 0.978. The first kappa shape index (κ1) is 17.2. The van der Waals surface area contributed by atoms with Crippen molar-refractivity contribution in [2.45, 2.75) is 13.1 Å². The van der Waals surface area contributed by atoms with Gasteiger partial charge in [0.15, 0.2) is 0 Å². The second-order valence-corrected chi connectivity index (χ2v) is 6.59. The van der Waals surface area contributed by atoms with Crippen LogP contribution in [0.15, 0.2) is 73.1 Å². The number of imidazole rings is 1. The number of pyridine rings is 1. The smallest absolute Gasteiger partial charge is 0.253 e. The van der Waals surface area contributed by atoms with Gasteiger partial charge >= 0.3 is 0 Å². The number of nitrogens with zero attached hydrogens (tertiary/aromatic N) is 3. The first-order valence-electron chi connectivity index (χ1n) is 8.57. The molecule has 0 fully saturated rings. The molecule has 2 aromatic heterocycles. The van der Waals surface area contributed by atoms with Crippen LogP contribution in [0.2, 0.25) is 5.02 Å². The van der Waals surface area contributed by atoms with Crippen molar-refractivity contribution in [3.63, 3.8) is 0 Å². The molecule has 0 aliphatic carbocycles. The number of hydrogen-bond donors (Lipinski definition) is 1. The molecule has 0 aliphatic heterocycles. The van der Waals surface area contributed by atoms with Crippen molar-refractivity contribution in [3.8, 4) is 0 Å². The number of para-hydroxylation sites is 2. The highest BCUT2D eigenvalue weighted by atomic mass is 35.5. The van der Waals surface area contributed by atoms with Gasteiger partial charge in [-0.1, -0.05) is 35.9 Å². The first-order valence-corrected chi connectivity index (χ1v) is 8.95. The van der Waals surface area contributed by atoms with Crippen LogP contribution >= 0.6 is 11.6 Å². The molecule has 1 N–H and O–H groups in total. The van der Waals surface area contributed by atoms with Crippen molar-refractivity contribution in [2.75, 3.05) is 0 Å². The molecule has 1 amide bonds. The number of amides is 1. The molecule has 0 aliphatic rings. The van der Waals surface area contributed by atoms with Crippen molar-refractivity contribution >= 4 is 28.5 Å². The molecular formula is C21H17ClN4O. The van der Waals surface area contributed by atoms with Gasteiger partial charge in [-0.3, -0.25) is 9.78 Å². The van der Waals surface area contributed by atoms with E-state index >= 15 is 0 Å². The minimum atomic E-state index is -0.173. The lowest BCUT2D eigenvalue weighted by Crippen LogP contribution is -2.25. The van der Waals surface area contributed by atoms with Gasteiger partial charge in [-0.05, 0) is 42.0 Å². The molecule has 134 valence electrons. The van der Waals surface area contributed by atoms with E-state index in [1.54, 1.807) is 24.5 Å². The van der Waals surface area contributed by atoms with Gasteiger partial charge < -0.3 is 9.88 Å². The van der Waals surface area contributed by atoms with Gasteiger partial charge in [0.1, 0.15) is 5.82 Å². The number of benzene rings is 2. The maximum Gasteiger partial charge on any atom is 0.253 e. The van der Waals surface area contributed by atoms with E-state index in [-0.39, 0.29) is 5.91 Å². The summed E-state index contributed by atoms with van der Waals surface area (Å²) >= 11 is 5.99. The number of hydrogen-bond acceptors (Lipinski definition) is 3. The molecule has 2 aromatic carbocycles. The summed E-state index contributed by atoms with van der Waals surface area (Å²) in [6, 6.07) is 19.2. The van der Waals surface area contributed by atoms with Crippen molar-refractivity contribution in [1.82, 2.24) is 19.9 Å². The highest BCUT2D eigenvalue weighted by Gasteiger charge is 2.13. The molecular weight excluding hydrogens is 360 g/mol. The first-order chi connectivity index (χ1) is 13.2. The van der Waals surface area contributed by atoms with E-state index in [1.165, 1.54) is 0 Å². The van der Waals surface area contributed by atoms with Crippen LogP contribution in [0.1, 0.15) is 21.7 Å². The fraction of sp³-hybridized carbons (Fsp3) is 0.0952. The van der Waals surface area contributed by atoms with Gasteiger partial charge in [-0.2, -0.15) is 0 Å². The molecule has 4 rings (SSSR count). The summed E-state index contributed by atoms with van der Waals surface area (Å²) in [5.41, 5.74) is 3.57. The molecule has 4 aromatic rings. The molecule has 0 spiro atoms. The molecule has 5 nitrogen and oxygen atoms in total. The molecule has 0 saturated carbocycles. The van der Waals surface area contributed by atoms with Gasteiger partial charge in [-0.15, -0.1) is 0 Å². The Morgan fingerprint density at radius 3 is 2.63 bits per heavy atom. The second-order valence-electron chi connectivity index (χ2n) is 6.15. The van der Waals surface area contributed by atoms with E-state index in [1.807, 2.05) is 48.5 Å². The third-order valence-electron chi connectivity index (χ3n) is 4.32.